The molecule has 2 aromatic heterocycles. The second kappa shape index (κ2) is 7.35. The number of hydrogen-bond donors (Lipinski definition) is 1. The van der Waals surface area contributed by atoms with Gasteiger partial charge in [0.25, 0.3) is 5.69 Å². The Balaban J connectivity index is 2.01. The largest absolute Gasteiger partial charge is 0.478 e. The van der Waals surface area contributed by atoms with Crippen LogP contribution in [0.25, 0.3) is 28.2 Å². The summed E-state index contributed by atoms with van der Waals surface area (Å²) < 4.78 is 1.49. The molecule has 0 aliphatic carbocycles. The molecule has 2 aromatic carbocycles. The van der Waals surface area contributed by atoms with Crippen LogP contribution in [0, 0.1) is 10.1 Å². The number of carboxylic acids is 1. The van der Waals surface area contributed by atoms with E-state index >= 15 is 0 Å². The minimum absolute atomic E-state index is 0.0301. The van der Waals surface area contributed by atoms with Crippen molar-refractivity contribution < 1.29 is 14.8 Å². The minimum atomic E-state index is -1.13. The van der Waals surface area contributed by atoms with Gasteiger partial charge in [0.2, 0.25) is 0 Å². The Kier molecular flexibility index (Phi) is 4.58. The lowest BCUT2D eigenvalue weighted by atomic mass is 10.0. The fourth-order valence-corrected chi connectivity index (χ4v) is 3.09. The van der Waals surface area contributed by atoms with Crippen molar-refractivity contribution in [1.82, 2.24) is 14.8 Å². The molecule has 4 rings (SSSR count). The highest BCUT2D eigenvalue weighted by Crippen LogP contribution is 2.34. The Morgan fingerprint density at radius 2 is 1.66 bits per heavy atom. The number of nitro benzene ring substituents is 1. The van der Waals surface area contributed by atoms with Crippen LogP contribution in [0.3, 0.4) is 0 Å². The SMILES string of the molecule is O=C(O)c1c(-c2cccnc2)nn(-c2ccc([N+](=O)[O-])cc2)c1-c1ccccc1. The van der Waals surface area contributed by atoms with Crippen molar-refractivity contribution >= 4 is 11.7 Å². The second-order valence-corrected chi connectivity index (χ2v) is 6.17. The molecule has 0 aliphatic heterocycles. The third kappa shape index (κ3) is 3.34. The van der Waals surface area contributed by atoms with Gasteiger partial charge in [0.05, 0.1) is 16.3 Å². The molecule has 0 spiro atoms. The van der Waals surface area contributed by atoms with Gasteiger partial charge in [0.1, 0.15) is 11.3 Å². The van der Waals surface area contributed by atoms with Crippen molar-refractivity contribution in [3.63, 3.8) is 0 Å². The van der Waals surface area contributed by atoms with E-state index in [2.05, 4.69) is 10.1 Å². The summed E-state index contributed by atoms with van der Waals surface area (Å²) in [5, 5.41) is 25.5. The zero-order valence-electron chi connectivity index (χ0n) is 15.0. The summed E-state index contributed by atoms with van der Waals surface area (Å²) in [6.45, 7) is 0. The standard InChI is InChI=1S/C21H14N4O4/c26-21(27)18-19(15-7-4-12-22-13-15)23-24(20(18)14-5-2-1-3-6-14)16-8-10-17(11-9-16)25(28)29/h1-13H,(H,26,27). The fourth-order valence-electron chi connectivity index (χ4n) is 3.09. The average molecular weight is 386 g/mol. The molecule has 0 saturated heterocycles. The monoisotopic (exact) mass is 386 g/mol. The van der Waals surface area contributed by atoms with Crippen LogP contribution in [0.4, 0.5) is 5.69 Å². The molecular weight excluding hydrogens is 372 g/mol. The maximum absolute atomic E-state index is 12.2. The third-order valence-corrected chi connectivity index (χ3v) is 4.39. The molecule has 1 N–H and O–H groups in total. The van der Waals surface area contributed by atoms with Gasteiger partial charge in [0, 0.05) is 35.7 Å². The summed E-state index contributed by atoms with van der Waals surface area (Å²) in [7, 11) is 0. The predicted molar refractivity (Wildman–Crippen MR) is 106 cm³/mol. The van der Waals surface area contributed by atoms with Crippen molar-refractivity contribution in [2.24, 2.45) is 0 Å². The molecule has 0 unspecified atom stereocenters. The Morgan fingerprint density at radius 3 is 2.24 bits per heavy atom. The van der Waals surface area contributed by atoms with Crippen LogP contribution in [-0.2, 0) is 0 Å². The molecule has 0 radical (unpaired) electrons. The van der Waals surface area contributed by atoms with E-state index in [4.69, 9.17) is 0 Å². The average Bonchev–Trinajstić information content (AvgIpc) is 3.16. The maximum Gasteiger partial charge on any atom is 0.340 e. The first kappa shape index (κ1) is 18.1. The molecule has 0 atom stereocenters. The van der Waals surface area contributed by atoms with Crippen molar-refractivity contribution in [1.29, 1.82) is 0 Å². The summed E-state index contributed by atoms with van der Waals surface area (Å²) in [5.41, 5.74) is 2.34. The third-order valence-electron chi connectivity index (χ3n) is 4.39. The first-order valence-corrected chi connectivity index (χ1v) is 8.63. The first-order valence-electron chi connectivity index (χ1n) is 8.63. The lowest BCUT2D eigenvalue weighted by Gasteiger charge is -2.08. The summed E-state index contributed by atoms with van der Waals surface area (Å²) in [6, 6.07) is 18.2. The topological polar surface area (TPSA) is 111 Å². The molecule has 0 saturated carbocycles. The van der Waals surface area contributed by atoms with Crippen LogP contribution >= 0.6 is 0 Å². The number of pyridine rings is 1. The van der Waals surface area contributed by atoms with Gasteiger partial charge >= 0.3 is 5.97 Å². The molecule has 8 nitrogen and oxygen atoms in total. The van der Waals surface area contributed by atoms with E-state index in [1.165, 1.54) is 28.9 Å². The smallest absolute Gasteiger partial charge is 0.340 e. The van der Waals surface area contributed by atoms with E-state index in [9.17, 15) is 20.0 Å². The summed E-state index contributed by atoms with van der Waals surface area (Å²) in [5.74, 6) is -1.13. The Labute approximate surface area is 164 Å². The van der Waals surface area contributed by atoms with Crippen LogP contribution in [0.15, 0.2) is 79.1 Å². The number of benzene rings is 2. The summed E-state index contributed by atoms with van der Waals surface area (Å²) in [6.07, 6.45) is 3.14. The number of nitro groups is 1. The minimum Gasteiger partial charge on any atom is -0.478 e. The van der Waals surface area contributed by atoms with Gasteiger partial charge in [-0.15, -0.1) is 0 Å². The number of carbonyl (C=O) groups is 1. The Morgan fingerprint density at radius 1 is 0.966 bits per heavy atom. The maximum atomic E-state index is 12.2. The Bertz CT molecular complexity index is 1190. The molecule has 142 valence electrons. The van der Waals surface area contributed by atoms with Gasteiger partial charge in [-0.3, -0.25) is 15.1 Å². The van der Waals surface area contributed by atoms with E-state index in [1.807, 2.05) is 6.07 Å². The van der Waals surface area contributed by atoms with Gasteiger partial charge in [0.15, 0.2) is 0 Å². The Hall–Kier alpha value is -4.33. The molecule has 8 heteroatoms. The fraction of sp³-hybridized carbons (Fsp3) is 0. The molecule has 0 fully saturated rings. The van der Waals surface area contributed by atoms with E-state index < -0.39 is 10.9 Å². The number of hydrogen-bond acceptors (Lipinski definition) is 5. The van der Waals surface area contributed by atoms with E-state index in [1.54, 1.807) is 48.8 Å². The van der Waals surface area contributed by atoms with Gasteiger partial charge in [-0.2, -0.15) is 5.10 Å². The number of non-ortho nitro benzene ring substituents is 1. The van der Waals surface area contributed by atoms with Crippen LogP contribution in [-0.4, -0.2) is 30.8 Å². The van der Waals surface area contributed by atoms with Gasteiger partial charge in [-0.05, 0) is 24.3 Å². The van der Waals surface area contributed by atoms with Crippen LogP contribution in [0.1, 0.15) is 10.4 Å². The van der Waals surface area contributed by atoms with Crippen LogP contribution in [0.2, 0.25) is 0 Å². The second-order valence-electron chi connectivity index (χ2n) is 6.17. The van der Waals surface area contributed by atoms with Crippen molar-refractivity contribution in [2.45, 2.75) is 0 Å². The first-order chi connectivity index (χ1) is 14.1. The van der Waals surface area contributed by atoms with Gasteiger partial charge in [-0.25, -0.2) is 9.48 Å². The van der Waals surface area contributed by atoms with E-state index in [0.717, 1.165) is 0 Å². The molecule has 0 amide bonds. The number of carboxylic acid groups (broad SMARTS) is 1. The lowest BCUT2D eigenvalue weighted by Crippen LogP contribution is -2.03. The van der Waals surface area contributed by atoms with E-state index in [0.29, 0.717) is 22.5 Å². The molecular formula is C21H14N4O4. The molecule has 29 heavy (non-hydrogen) atoms. The molecule has 0 aliphatic rings. The number of rotatable bonds is 5. The van der Waals surface area contributed by atoms with Crippen LogP contribution in [0.5, 0.6) is 0 Å². The predicted octanol–water partition coefficient (Wildman–Crippen LogP) is 4.21. The van der Waals surface area contributed by atoms with Gasteiger partial charge in [-0.1, -0.05) is 30.3 Å². The van der Waals surface area contributed by atoms with Crippen molar-refractivity contribution in [3.05, 3.63) is 94.8 Å². The van der Waals surface area contributed by atoms with E-state index in [-0.39, 0.29) is 16.9 Å². The van der Waals surface area contributed by atoms with Crippen molar-refractivity contribution in [3.8, 4) is 28.2 Å². The normalized spacial score (nSPS) is 10.6. The molecule has 2 heterocycles. The highest BCUT2D eigenvalue weighted by molar-refractivity contribution is 6.01. The highest BCUT2D eigenvalue weighted by Gasteiger charge is 2.26. The van der Waals surface area contributed by atoms with Crippen LogP contribution < -0.4 is 0 Å². The van der Waals surface area contributed by atoms with Crippen molar-refractivity contribution in [2.75, 3.05) is 0 Å². The van der Waals surface area contributed by atoms with Gasteiger partial charge < -0.3 is 5.11 Å². The lowest BCUT2D eigenvalue weighted by molar-refractivity contribution is -0.384. The molecule has 4 aromatic rings. The zero-order chi connectivity index (χ0) is 20.4. The molecule has 0 bridgehead atoms. The zero-order valence-corrected chi connectivity index (χ0v) is 15.0. The number of aromatic carboxylic acids is 1. The summed E-state index contributed by atoms with van der Waals surface area (Å²) >= 11 is 0. The number of aromatic nitrogens is 3. The highest BCUT2D eigenvalue weighted by atomic mass is 16.6. The quantitative estimate of drug-likeness (QED) is 0.406. The summed E-state index contributed by atoms with van der Waals surface area (Å²) in [4.78, 5) is 26.8. The number of nitrogens with zero attached hydrogens (tertiary/aromatic N) is 4.